The Morgan fingerprint density at radius 3 is 2.71 bits per heavy atom. The van der Waals surface area contributed by atoms with Crippen LogP contribution in [-0.4, -0.2) is 63.5 Å². The van der Waals surface area contributed by atoms with Gasteiger partial charge in [0.2, 0.25) is 17.7 Å². The highest BCUT2D eigenvalue weighted by Crippen LogP contribution is 2.66. The van der Waals surface area contributed by atoms with Crippen LogP contribution in [0.5, 0.6) is 0 Å². The van der Waals surface area contributed by atoms with Crippen molar-refractivity contribution in [3.8, 4) is 0 Å². The van der Waals surface area contributed by atoms with Crippen LogP contribution in [0.3, 0.4) is 0 Å². The van der Waals surface area contributed by atoms with Crippen molar-refractivity contribution in [1.29, 1.82) is 0 Å². The van der Waals surface area contributed by atoms with Gasteiger partial charge in [-0.25, -0.2) is 0 Å². The average Bonchev–Trinajstić information content (AvgIpc) is 3.42. The molecule has 3 heterocycles. The number of fused-ring (bicyclic) bond motifs is 1. The molecule has 0 aromatic heterocycles. The van der Waals surface area contributed by atoms with E-state index in [4.69, 9.17) is 0 Å². The number of thioether (sulfide) groups is 1. The molecule has 1 spiro atoms. The maximum atomic E-state index is 13.5. The molecule has 31 heavy (non-hydrogen) atoms. The molecule has 3 amide bonds. The standard InChI is InChI=1S/C23H31N3O4S/c1-2-11-24-20(28)17-16-9-10-23(31-16)18(17)22(30)26(12-6-13-27)19(23)21(29)25-14-15-7-4-3-5-8-15/h3-5,7-8,16-19,27H,2,6,9-14H2,1H3,(H,24,28)(H,25,29)/t16-,17+,18+,19?,23?/m1/s1. The van der Waals surface area contributed by atoms with Crippen LogP contribution in [0.1, 0.15) is 38.2 Å². The van der Waals surface area contributed by atoms with Gasteiger partial charge in [0.05, 0.1) is 16.6 Å². The summed E-state index contributed by atoms with van der Waals surface area (Å²) in [5.74, 6) is -1.20. The van der Waals surface area contributed by atoms with Gasteiger partial charge in [-0.1, -0.05) is 37.3 Å². The molecule has 8 heteroatoms. The van der Waals surface area contributed by atoms with Crippen molar-refractivity contribution >= 4 is 29.5 Å². The Morgan fingerprint density at radius 1 is 1.23 bits per heavy atom. The average molecular weight is 446 g/mol. The van der Waals surface area contributed by atoms with Gasteiger partial charge in [-0.15, -0.1) is 11.8 Å². The van der Waals surface area contributed by atoms with Crippen LogP contribution in [0.2, 0.25) is 0 Å². The van der Waals surface area contributed by atoms with Crippen molar-refractivity contribution in [3.05, 3.63) is 35.9 Å². The summed E-state index contributed by atoms with van der Waals surface area (Å²) < 4.78 is -0.563. The minimum atomic E-state index is -0.612. The van der Waals surface area contributed by atoms with Gasteiger partial charge in [0.15, 0.2) is 0 Å². The summed E-state index contributed by atoms with van der Waals surface area (Å²) in [5, 5.41) is 15.4. The van der Waals surface area contributed by atoms with E-state index in [0.717, 1.165) is 24.8 Å². The number of hydrogen-bond donors (Lipinski definition) is 3. The summed E-state index contributed by atoms with van der Waals surface area (Å²) in [6.45, 7) is 3.27. The van der Waals surface area contributed by atoms with Gasteiger partial charge in [-0.3, -0.25) is 14.4 Å². The molecular weight excluding hydrogens is 414 g/mol. The Kier molecular flexibility index (Phi) is 6.57. The van der Waals surface area contributed by atoms with E-state index in [-0.39, 0.29) is 35.5 Å². The van der Waals surface area contributed by atoms with E-state index in [1.165, 1.54) is 0 Å². The highest BCUT2D eigenvalue weighted by atomic mass is 32.2. The Balaban J connectivity index is 1.59. The zero-order valence-electron chi connectivity index (χ0n) is 17.9. The number of likely N-dealkylation sites (tertiary alicyclic amines) is 1. The highest BCUT2D eigenvalue weighted by molar-refractivity contribution is 8.02. The Hall–Kier alpha value is -2.06. The lowest BCUT2D eigenvalue weighted by molar-refractivity contribution is -0.140. The van der Waals surface area contributed by atoms with Gasteiger partial charge in [-0.2, -0.15) is 0 Å². The molecule has 4 rings (SSSR count). The van der Waals surface area contributed by atoms with E-state index in [9.17, 15) is 19.5 Å². The Morgan fingerprint density at radius 2 is 2.00 bits per heavy atom. The third kappa shape index (κ3) is 3.84. The Labute approximate surface area is 187 Å². The number of nitrogens with one attached hydrogen (secondary N) is 2. The van der Waals surface area contributed by atoms with Crippen molar-refractivity contribution in [1.82, 2.24) is 15.5 Å². The van der Waals surface area contributed by atoms with Crippen LogP contribution >= 0.6 is 11.8 Å². The lowest BCUT2D eigenvalue weighted by atomic mass is 9.70. The first kappa shape index (κ1) is 22.1. The second kappa shape index (κ2) is 9.20. The maximum absolute atomic E-state index is 13.5. The number of benzene rings is 1. The summed E-state index contributed by atoms with van der Waals surface area (Å²) in [4.78, 5) is 41.5. The maximum Gasteiger partial charge on any atom is 0.244 e. The van der Waals surface area contributed by atoms with E-state index >= 15 is 0 Å². The van der Waals surface area contributed by atoms with Gasteiger partial charge >= 0.3 is 0 Å². The molecule has 5 atom stereocenters. The van der Waals surface area contributed by atoms with Crippen LogP contribution in [0.25, 0.3) is 0 Å². The number of amides is 3. The van der Waals surface area contributed by atoms with Gasteiger partial charge in [0.25, 0.3) is 0 Å². The number of aliphatic hydroxyl groups excluding tert-OH is 1. The van der Waals surface area contributed by atoms with Gasteiger partial charge in [0, 0.05) is 31.5 Å². The molecule has 1 aromatic carbocycles. The second-order valence-corrected chi connectivity index (χ2v) is 10.3. The molecule has 0 aliphatic carbocycles. The molecule has 3 fully saturated rings. The molecule has 7 nitrogen and oxygen atoms in total. The summed E-state index contributed by atoms with van der Waals surface area (Å²) >= 11 is 1.67. The molecule has 3 aliphatic rings. The number of hydrogen-bond acceptors (Lipinski definition) is 5. The molecule has 3 aliphatic heterocycles. The predicted molar refractivity (Wildman–Crippen MR) is 119 cm³/mol. The fraction of sp³-hybridized carbons (Fsp3) is 0.609. The van der Waals surface area contributed by atoms with Crippen molar-refractivity contribution in [2.24, 2.45) is 11.8 Å². The van der Waals surface area contributed by atoms with Gasteiger partial charge < -0.3 is 20.6 Å². The normalized spacial score (nSPS) is 31.0. The molecule has 0 saturated carbocycles. The first-order valence-corrected chi connectivity index (χ1v) is 12.1. The van der Waals surface area contributed by atoms with Gasteiger partial charge in [-0.05, 0) is 31.2 Å². The smallest absolute Gasteiger partial charge is 0.244 e. The van der Waals surface area contributed by atoms with Gasteiger partial charge in [0.1, 0.15) is 6.04 Å². The van der Waals surface area contributed by atoms with Crippen molar-refractivity contribution in [3.63, 3.8) is 0 Å². The summed E-state index contributed by atoms with van der Waals surface area (Å²) in [6.07, 6.45) is 2.86. The summed E-state index contributed by atoms with van der Waals surface area (Å²) in [6, 6.07) is 9.08. The largest absolute Gasteiger partial charge is 0.396 e. The fourth-order valence-corrected chi connectivity index (χ4v) is 7.70. The van der Waals surface area contributed by atoms with E-state index < -0.39 is 16.7 Å². The van der Waals surface area contributed by atoms with E-state index in [1.807, 2.05) is 37.3 Å². The third-order valence-corrected chi connectivity index (χ3v) is 8.72. The second-order valence-electron chi connectivity index (χ2n) is 8.66. The van der Waals surface area contributed by atoms with E-state index in [2.05, 4.69) is 10.6 Å². The lowest BCUT2D eigenvalue weighted by Gasteiger charge is -2.34. The van der Waals surface area contributed by atoms with Crippen LogP contribution in [-0.2, 0) is 20.9 Å². The first-order chi connectivity index (χ1) is 15.0. The predicted octanol–water partition coefficient (Wildman–Crippen LogP) is 1.30. The number of carbonyl (C=O) groups excluding carboxylic acids is 3. The molecule has 3 saturated heterocycles. The van der Waals surface area contributed by atoms with E-state index in [0.29, 0.717) is 26.1 Å². The summed E-state index contributed by atoms with van der Waals surface area (Å²) in [7, 11) is 0. The molecular formula is C23H31N3O4S. The number of aliphatic hydroxyl groups is 1. The topological polar surface area (TPSA) is 98.7 Å². The SMILES string of the molecule is CCCNC(=O)[C@@H]1[C@H]2C(=O)N(CCCO)C(C(=O)NCc3ccccc3)C23CC[C@H]1S3. The molecule has 168 valence electrons. The third-order valence-electron chi connectivity index (χ3n) is 6.77. The van der Waals surface area contributed by atoms with Crippen molar-refractivity contribution < 1.29 is 19.5 Å². The zero-order valence-corrected chi connectivity index (χ0v) is 18.7. The lowest BCUT2D eigenvalue weighted by Crippen LogP contribution is -2.53. The molecule has 3 N–H and O–H groups in total. The fourth-order valence-electron chi connectivity index (χ4n) is 5.48. The molecule has 2 unspecified atom stereocenters. The molecule has 2 bridgehead atoms. The highest BCUT2D eigenvalue weighted by Gasteiger charge is 2.73. The zero-order chi connectivity index (χ0) is 22.0. The Bertz CT molecular complexity index is 835. The van der Waals surface area contributed by atoms with Crippen LogP contribution in [0, 0.1) is 11.8 Å². The quantitative estimate of drug-likeness (QED) is 0.532. The van der Waals surface area contributed by atoms with Crippen LogP contribution < -0.4 is 10.6 Å². The minimum absolute atomic E-state index is 0.0457. The number of nitrogens with zero attached hydrogens (tertiary/aromatic N) is 1. The summed E-state index contributed by atoms with van der Waals surface area (Å²) in [5.41, 5.74) is 0.997. The molecule has 1 aromatic rings. The van der Waals surface area contributed by atoms with Crippen molar-refractivity contribution in [2.75, 3.05) is 19.7 Å². The molecule has 0 radical (unpaired) electrons. The van der Waals surface area contributed by atoms with Crippen LogP contribution in [0.15, 0.2) is 30.3 Å². The van der Waals surface area contributed by atoms with E-state index in [1.54, 1.807) is 16.7 Å². The monoisotopic (exact) mass is 445 g/mol. The number of carbonyl (C=O) groups is 3. The first-order valence-electron chi connectivity index (χ1n) is 11.2. The number of rotatable bonds is 9. The van der Waals surface area contributed by atoms with Crippen molar-refractivity contribution in [2.45, 2.75) is 55.2 Å². The minimum Gasteiger partial charge on any atom is -0.396 e. The van der Waals surface area contributed by atoms with Crippen LogP contribution in [0.4, 0.5) is 0 Å².